The van der Waals surface area contributed by atoms with Gasteiger partial charge in [0.25, 0.3) is 0 Å². The number of hydrogen-bond donors (Lipinski definition) is 5. The summed E-state index contributed by atoms with van der Waals surface area (Å²) in [5.41, 5.74) is -0.152. The Morgan fingerprint density at radius 1 is 1.24 bits per heavy atom. The van der Waals surface area contributed by atoms with Gasteiger partial charge in [0.1, 0.15) is 0 Å². The van der Waals surface area contributed by atoms with E-state index in [0.29, 0.717) is 12.0 Å². The Morgan fingerprint density at radius 2 is 1.82 bits per heavy atom. The molecule has 0 aliphatic heterocycles. The molecule has 5 N–H and O–H groups in total. The van der Waals surface area contributed by atoms with Crippen LogP contribution in [0.25, 0.3) is 0 Å². The van der Waals surface area contributed by atoms with Gasteiger partial charge in [-0.25, -0.2) is 10.4 Å². The highest BCUT2D eigenvalue weighted by atomic mass is 16.8. The number of aromatic hydroxyl groups is 1. The molecule has 0 aromatic heterocycles. The van der Waals surface area contributed by atoms with E-state index in [-0.39, 0.29) is 23.0 Å². The van der Waals surface area contributed by atoms with Crippen LogP contribution < -0.4 is 10.5 Å². The summed E-state index contributed by atoms with van der Waals surface area (Å²) in [6.45, 7) is 3.67. The predicted molar refractivity (Wildman–Crippen MR) is 58.4 cm³/mol. The van der Waals surface area contributed by atoms with Crippen molar-refractivity contribution in [1.29, 1.82) is 0 Å². The summed E-state index contributed by atoms with van der Waals surface area (Å²) in [6, 6.07) is 2.28. The highest BCUT2D eigenvalue weighted by Gasteiger charge is 2.21. The van der Waals surface area contributed by atoms with Crippen LogP contribution in [-0.2, 0) is 0 Å². The lowest BCUT2D eigenvalue weighted by Gasteiger charge is -2.20. The maximum Gasteiger partial charge on any atom is 0.212 e. The van der Waals surface area contributed by atoms with Gasteiger partial charge >= 0.3 is 0 Å². The minimum absolute atomic E-state index is 0.104. The van der Waals surface area contributed by atoms with Gasteiger partial charge < -0.3 is 15.5 Å². The van der Waals surface area contributed by atoms with Crippen LogP contribution in [-0.4, -0.2) is 15.5 Å². The van der Waals surface area contributed by atoms with Gasteiger partial charge in [-0.1, -0.05) is 13.8 Å². The monoisotopic (exact) mass is 244 g/mol. The average Bonchev–Trinajstić information content (AvgIpc) is 2.27. The summed E-state index contributed by atoms with van der Waals surface area (Å²) < 4.78 is 0. The van der Waals surface area contributed by atoms with E-state index in [1.165, 1.54) is 6.07 Å². The molecule has 7 heteroatoms. The Morgan fingerprint density at radius 3 is 2.24 bits per heavy atom. The highest BCUT2D eigenvalue weighted by Crippen LogP contribution is 2.34. The molecule has 3 unspecified atom stereocenters. The van der Waals surface area contributed by atoms with Crippen molar-refractivity contribution in [3.63, 3.8) is 0 Å². The molecule has 3 atom stereocenters. The SMILES string of the molecule is CCC(C)c1cc([NH+]([O-])O)cc([NH+]([O-])O)c1O. The molecule has 0 spiro atoms. The summed E-state index contributed by atoms with van der Waals surface area (Å²) in [6.07, 6.45) is 0.676. The molecule has 96 valence electrons. The molecule has 0 bridgehead atoms. The van der Waals surface area contributed by atoms with Gasteiger partial charge in [-0.15, -0.1) is 0 Å². The summed E-state index contributed by atoms with van der Waals surface area (Å²) in [5, 5.41) is 46.8. The number of phenolic OH excluding ortho intramolecular Hbond substituents is 1. The minimum atomic E-state index is -1.34. The smallest absolute Gasteiger partial charge is 0.212 e. The highest BCUT2D eigenvalue weighted by molar-refractivity contribution is 5.58. The molecule has 0 fully saturated rings. The van der Waals surface area contributed by atoms with Crippen molar-refractivity contribution in [3.05, 3.63) is 28.1 Å². The predicted octanol–water partition coefficient (Wildman–Crippen LogP) is -0.287. The standard InChI is InChI=1S/C10H16N2O5/c1-3-6(2)8-4-7(11(14)15)5-9(10(8)13)12(16)17/h4-6,11-14,16H,3H2,1-2H3. The first-order chi connectivity index (χ1) is 7.88. The van der Waals surface area contributed by atoms with E-state index in [4.69, 9.17) is 10.4 Å². The van der Waals surface area contributed by atoms with Crippen LogP contribution >= 0.6 is 0 Å². The Balaban J connectivity index is 3.37. The van der Waals surface area contributed by atoms with Crippen molar-refractivity contribution in [2.24, 2.45) is 0 Å². The van der Waals surface area contributed by atoms with Crippen LogP contribution in [0, 0.1) is 10.4 Å². The Hall–Kier alpha value is -1.22. The summed E-state index contributed by atoms with van der Waals surface area (Å²) in [4.78, 5) is 0. The Bertz CT molecular complexity index is 395. The van der Waals surface area contributed by atoms with E-state index in [0.717, 1.165) is 6.07 Å². The third-order valence-electron chi connectivity index (χ3n) is 2.76. The maximum absolute atomic E-state index is 10.9. The number of benzene rings is 1. The van der Waals surface area contributed by atoms with Crippen LogP contribution in [0.1, 0.15) is 31.7 Å². The molecule has 17 heavy (non-hydrogen) atoms. The topological polar surface area (TPSA) is 116 Å². The molecule has 0 saturated heterocycles. The van der Waals surface area contributed by atoms with Crippen molar-refractivity contribution in [2.75, 3.05) is 0 Å². The first kappa shape index (κ1) is 13.8. The van der Waals surface area contributed by atoms with E-state index in [2.05, 4.69) is 0 Å². The third kappa shape index (κ3) is 2.91. The fourth-order valence-corrected chi connectivity index (χ4v) is 1.54. The van der Waals surface area contributed by atoms with Gasteiger partial charge in [-0.05, 0) is 12.3 Å². The summed E-state index contributed by atoms with van der Waals surface area (Å²) in [7, 11) is 0. The normalized spacial score (nSPS) is 16.6. The van der Waals surface area contributed by atoms with Crippen molar-refractivity contribution in [3.8, 4) is 5.75 Å². The van der Waals surface area contributed by atoms with Gasteiger partial charge in [-0.2, -0.15) is 10.5 Å². The second-order valence-electron chi connectivity index (χ2n) is 3.88. The molecule has 0 heterocycles. The average molecular weight is 244 g/mol. The fraction of sp³-hybridized carbons (Fsp3) is 0.400. The van der Waals surface area contributed by atoms with Crippen molar-refractivity contribution in [1.82, 2.24) is 0 Å². The maximum atomic E-state index is 10.9. The molecule has 7 nitrogen and oxygen atoms in total. The number of phenols is 1. The minimum Gasteiger partial charge on any atom is -0.595 e. The van der Waals surface area contributed by atoms with Crippen molar-refractivity contribution >= 4 is 11.4 Å². The Labute approximate surface area is 98.2 Å². The van der Waals surface area contributed by atoms with E-state index in [9.17, 15) is 15.5 Å². The number of quaternary nitrogens is 2. The molecule has 1 rings (SSSR count). The van der Waals surface area contributed by atoms with Crippen molar-refractivity contribution < 1.29 is 26.0 Å². The van der Waals surface area contributed by atoms with Gasteiger partial charge in [0.15, 0.2) is 11.4 Å². The largest absolute Gasteiger partial charge is 0.595 e. The molecular formula is C10H16N2O5. The number of rotatable bonds is 4. The fourth-order valence-electron chi connectivity index (χ4n) is 1.54. The van der Waals surface area contributed by atoms with Gasteiger partial charge in [-0.3, -0.25) is 0 Å². The zero-order valence-electron chi connectivity index (χ0n) is 9.60. The van der Waals surface area contributed by atoms with Crippen molar-refractivity contribution in [2.45, 2.75) is 26.2 Å². The third-order valence-corrected chi connectivity index (χ3v) is 2.76. The molecule has 0 aliphatic carbocycles. The van der Waals surface area contributed by atoms with E-state index in [1.807, 2.05) is 6.92 Å². The molecular weight excluding hydrogens is 228 g/mol. The summed E-state index contributed by atoms with van der Waals surface area (Å²) in [5.74, 6) is -0.454. The molecule has 0 saturated carbocycles. The molecule has 0 aliphatic rings. The van der Waals surface area contributed by atoms with E-state index >= 15 is 0 Å². The first-order valence-electron chi connectivity index (χ1n) is 5.22. The second kappa shape index (κ2) is 5.41. The van der Waals surface area contributed by atoms with Crippen LogP contribution in [0.15, 0.2) is 12.1 Å². The Kier molecular flexibility index (Phi) is 4.40. The lowest BCUT2D eigenvalue weighted by atomic mass is 9.96. The molecule has 1 aromatic rings. The second-order valence-corrected chi connectivity index (χ2v) is 3.88. The molecule has 1 aromatic carbocycles. The van der Waals surface area contributed by atoms with Crippen LogP contribution in [0.4, 0.5) is 11.4 Å². The van der Waals surface area contributed by atoms with Crippen LogP contribution in [0.5, 0.6) is 5.75 Å². The quantitative estimate of drug-likeness (QED) is 0.283. The zero-order chi connectivity index (χ0) is 13.2. The summed E-state index contributed by atoms with van der Waals surface area (Å²) >= 11 is 0. The lowest BCUT2D eigenvalue weighted by Crippen LogP contribution is -3.00. The first-order valence-corrected chi connectivity index (χ1v) is 5.22. The molecule has 0 amide bonds. The van der Waals surface area contributed by atoms with Gasteiger partial charge in [0.05, 0.1) is 6.07 Å². The van der Waals surface area contributed by atoms with E-state index < -0.39 is 10.5 Å². The zero-order valence-corrected chi connectivity index (χ0v) is 9.60. The number of hydrogen-bond acceptors (Lipinski definition) is 5. The number of nitrogens with one attached hydrogen (secondary N) is 2. The lowest BCUT2D eigenvalue weighted by molar-refractivity contribution is -0.996. The van der Waals surface area contributed by atoms with Gasteiger partial charge in [0, 0.05) is 11.6 Å². The van der Waals surface area contributed by atoms with Gasteiger partial charge in [0.2, 0.25) is 5.69 Å². The van der Waals surface area contributed by atoms with Crippen LogP contribution in [0.2, 0.25) is 0 Å². The molecule has 0 radical (unpaired) electrons. The van der Waals surface area contributed by atoms with E-state index in [1.54, 1.807) is 6.92 Å². The van der Waals surface area contributed by atoms with Crippen LogP contribution in [0.3, 0.4) is 0 Å².